The van der Waals surface area contributed by atoms with Crippen molar-refractivity contribution in [3.63, 3.8) is 0 Å². The Balaban J connectivity index is 1.39. The number of nitrogens with zero attached hydrogens (tertiary/aromatic N) is 1. The van der Waals surface area contributed by atoms with E-state index in [1.54, 1.807) is 36.4 Å². The van der Waals surface area contributed by atoms with Crippen molar-refractivity contribution in [1.29, 1.82) is 0 Å². The molecule has 0 bridgehead atoms. The van der Waals surface area contributed by atoms with Crippen LogP contribution in [0.3, 0.4) is 0 Å². The minimum atomic E-state index is -3.75. The number of hydrazine groups is 1. The Bertz CT molecular complexity index is 1210. The van der Waals surface area contributed by atoms with Crippen LogP contribution in [0, 0.1) is 5.82 Å². The van der Waals surface area contributed by atoms with Crippen LogP contribution in [0.4, 0.5) is 23.7 Å². The fourth-order valence-corrected chi connectivity index (χ4v) is 3.69. The molecule has 0 fully saturated rings. The average Bonchev–Trinajstić information content (AvgIpc) is 3.34. The average molecular weight is 474 g/mol. The molecule has 0 aliphatic carbocycles. The van der Waals surface area contributed by atoms with E-state index in [2.05, 4.69) is 20.2 Å². The van der Waals surface area contributed by atoms with Crippen LogP contribution in [0.1, 0.15) is 11.1 Å². The van der Waals surface area contributed by atoms with E-state index in [0.717, 1.165) is 16.7 Å². The van der Waals surface area contributed by atoms with Crippen LogP contribution in [-0.2, 0) is 0 Å². The predicted octanol–water partition coefficient (Wildman–Crippen LogP) is 5.72. The number of nitrogens with one attached hydrogen (secondary N) is 2. The predicted molar refractivity (Wildman–Crippen MR) is 116 cm³/mol. The van der Waals surface area contributed by atoms with Gasteiger partial charge in [-0.1, -0.05) is 35.9 Å². The minimum absolute atomic E-state index is 0.123. The molecule has 0 radical (unpaired) electrons. The number of hydrogen-bond acceptors (Lipinski definition) is 4. The molecule has 2 aliphatic rings. The van der Waals surface area contributed by atoms with E-state index >= 15 is 0 Å². The molecular weight excluding hydrogens is 459 g/mol. The van der Waals surface area contributed by atoms with Gasteiger partial charge in [-0.3, -0.25) is 5.43 Å². The third-order valence-corrected chi connectivity index (χ3v) is 5.34. The number of ether oxygens (including phenoxy) is 2. The molecule has 2 amide bonds. The topological polar surface area (TPSA) is 62.8 Å². The highest BCUT2D eigenvalue weighted by Gasteiger charge is 2.43. The number of fused-ring (bicyclic) bond motifs is 1. The summed E-state index contributed by atoms with van der Waals surface area (Å²) in [6.07, 6.45) is -3.75. The first-order valence-corrected chi connectivity index (χ1v) is 10.2. The molecule has 0 saturated carbocycles. The summed E-state index contributed by atoms with van der Waals surface area (Å²) in [5.74, 6) is -0.678. The van der Waals surface area contributed by atoms with E-state index < -0.39 is 12.3 Å². The highest BCUT2D eigenvalue weighted by Crippen LogP contribution is 2.42. The number of rotatable bonds is 3. The maximum Gasteiger partial charge on any atom is 0.586 e. The van der Waals surface area contributed by atoms with Crippen molar-refractivity contribution in [3.05, 3.63) is 88.7 Å². The molecule has 3 aromatic rings. The van der Waals surface area contributed by atoms with E-state index in [1.807, 2.05) is 0 Å². The normalized spacial score (nSPS) is 16.1. The number of carbonyl (C=O) groups excluding carboxylic acids is 1. The van der Waals surface area contributed by atoms with Gasteiger partial charge in [0.05, 0.1) is 12.2 Å². The molecule has 0 saturated heterocycles. The summed E-state index contributed by atoms with van der Waals surface area (Å²) in [5.41, 5.74) is 6.23. The van der Waals surface area contributed by atoms with Gasteiger partial charge >= 0.3 is 12.3 Å². The lowest BCUT2D eigenvalue weighted by Gasteiger charge is -2.19. The lowest BCUT2D eigenvalue weighted by Crippen LogP contribution is -2.40. The van der Waals surface area contributed by atoms with Crippen molar-refractivity contribution in [2.45, 2.75) is 6.29 Å². The van der Waals surface area contributed by atoms with Crippen molar-refractivity contribution >= 4 is 34.6 Å². The minimum Gasteiger partial charge on any atom is -0.395 e. The SMILES string of the molecule is O=C(Nc1ccc2c(c1)OC(F)(F)O2)N1CC(c2ccc(F)cc2)=C(c2ccc(Cl)cc2)N1. The second kappa shape index (κ2) is 7.93. The molecule has 2 N–H and O–H groups in total. The number of benzene rings is 3. The van der Waals surface area contributed by atoms with Crippen LogP contribution in [0.15, 0.2) is 66.7 Å². The van der Waals surface area contributed by atoms with Gasteiger partial charge < -0.3 is 14.8 Å². The van der Waals surface area contributed by atoms with Crippen LogP contribution >= 0.6 is 11.6 Å². The van der Waals surface area contributed by atoms with E-state index in [0.29, 0.717) is 10.7 Å². The van der Waals surface area contributed by atoms with Crippen molar-refractivity contribution in [3.8, 4) is 11.5 Å². The van der Waals surface area contributed by atoms with Gasteiger partial charge in [0.2, 0.25) is 0 Å². The zero-order chi connectivity index (χ0) is 23.2. The third-order valence-electron chi connectivity index (χ3n) is 5.09. The van der Waals surface area contributed by atoms with E-state index in [1.165, 1.54) is 35.3 Å². The summed E-state index contributed by atoms with van der Waals surface area (Å²) in [4.78, 5) is 12.9. The largest absolute Gasteiger partial charge is 0.586 e. The zero-order valence-corrected chi connectivity index (χ0v) is 17.5. The van der Waals surface area contributed by atoms with Crippen molar-refractivity contribution in [2.75, 3.05) is 11.9 Å². The fourth-order valence-electron chi connectivity index (χ4n) is 3.56. The lowest BCUT2D eigenvalue weighted by molar-refractivity contribution is -0.286. The Morgan fingerprint density at radius 3 is 2.36 bits per heavy atom. The maximum atomic E-state index is 13.4. The Morgan fingerprint density at radius 2 is 1.64 bits per heavy atom. The second-order valence-corrected chi connectivity index (χ2v) is 7.76. The molecule has 2 heterocycles. The van der Waals surface area contributed by atoms with Crippen LogP contribution in [-0.4, -0.2) is 23.9 Å². The van der Waals surface area contributed by atoms with E-state index in [9.17, 15) is 18.0 Å². The summed E-state index contributed by atoms with van der Waals surface area (Å²) >= 11 is 6.00. The molecule has 6 nitrogen and oxygen atoms in total. The molecule has 3 aromatic carbocycles. The smallest absolute Gasteiger partial charge is 0.395 e. The van der Waals surface area contributed by atoms with Crippen LogP contribution in [0.2, 0.25) is 5.02 Å². The standard InChI is InChI=1S/C23H15ClF3N3O3/c24-15-5-1-14(2-6-15)21-18(13-3-7-16(25)8-4-13)12-30(29-21)22(31)28-17-9-10-19-20(11-17)33-23(26,27)32-19/h1-11,29H,12H2,(H,28,31). The highest BCUT2D eigenvalue weighted by molar-refractivity contribution is 6.30. The van der Waals surface area contributed by atoms with Crippen LogP contribution in [0.5, 0.6) is 11.5 Å². The van der Waals surface area contributed by atoms with Crippen LogP contribution < -0.4 is 20.2 Å². The molecule has 0 aromatic heterocycles. The zero-order valence-electron chi connectivity index (χ0n) is 16.7. The van der Waals surface area contributed by atoms with Gasteiger partial charge in [0, 0.05) is 22.3 Å². The molecule has 0 atom stereocenters. The van der Waals surface area contributed by atoms with E-state index in [4.69, 9.17) is 11.6 Å². The summed E-state index contributed by atoms with van der Waals surface area (Å²) in [5, 5.41) is 4.52. The molecule has 2 aliphatic heterocycles. The quantitative estimate of drug-likeness (QED) is 0.510. The molecular formula is C23H15ClF3N3O3. The lowest BCUT2D eigenvalue weighted by atomic mass is 10.0. The van der Waals surface area contributed by atoms with Gasteiger partial charge in [0.15, 0.2) is 11.5 Å². The maximum absolute atomic E-state index is 13.4. The number of amides is 2. The van der Waals surface area contributed by atoms with Gasteiger partial charge in [-0.2, -0.15) is 0 Å². The Kier molecular flexibility index (Phi) is 5.05. The monoisotopic (exact) mass is 473 g/mol. The Labute approximate surface area is 191 Å². The first-order valence-electron chi connectivity index (χ1n) is 9.77. The summed E-state index contributed by atoms with van der Waals surface area (Å²) in [6, 6.07) is 16.4. The van der Waals surface area contributed by atoms with Crippen molar-refractivity contribution in [1.82, 2.24) is 10.4 Å². The Hall–Kier alpha value is -3.85. The molecule has 0 unspecified atom stereocenters. The highest BCUT2D eigenvalue weighted by atomic mass is 35.5. The first kappa shape index (κ1) is 21.0. The number of anilines is 1. The molecule has 10 heteroatoms. The number of urea groups is 1. The first-order chi connectivity index (χ1) is 15.8. The van der Waals surface area contributed by atoms with Crippen molar-refractivity contribution < 1.29 is 27.4 Å². The van der Waals surface area contributed by atoms with Crippen molar-refractivity contribution in [2.24, 2.45) is 0 Å². The number of halogens is 4. The van der Waals surface area contributed by atoms with Gasteiger partial charge in [-0.25, -0.2) is 14.2 Å². The molecule has 33 heavy (non-hydrogen) atoms. The van der Waals surface area contributed by atoms with Gasteiger partial charge in [-0.05, 0) is 47.5 Å². The summed E-state index contributed by atoms with van der Waals surface area (Å²) < 4.78 is 48.7. The third kappa shape index (κ3) is 4.27. The Morgan fingerprint density at radius 1 is 0.970 bits per heavy atom. The number of hydrogen-bond donors (Lipinski definition) is 2. The van der Waals surface area contributed by atoms with Gasteiger partial charge in [-0.15, -0.1) is 8.78 Å². The number of carbonyl (C=O) groups is 1. The van der Waals surface area contributed by atoms with E-state index in [-0.39, 0.29) is 29.5 Å². The van der Waals surface area contributed by atoms with Gasteiger partial charge in [0.1, 0.15) is 5.82 Å². The molecule has 168 valence electrons. The van der Waals surface area contributed by atoms with Gasteiger partial charge in [0.25, 0.3) is 0 Å². The molecule has 0 spiro atoms. The second-order valence-electron chi connectivity index (χ2n) is 7.32. The fraction of sp³-hybridized carbons (Fsp3) is 0.0870. The van der Waals surface area contributed by atoms with Crippen LogP contribution in [0.25, 0.3) is 11.3 Å². The number of alkyl halides is 2. The molecule has 5 rings (SSSR count). The summed E-state index contributed by atoms with van der Waals surface area (Å²) in [6.45, 7) is 0.165. The summed E-state index contributed by atoms with van der Waals surface area (Å²) in [7, 11) is 0.